The van der Waals surface area contributed by atoms with E-state index in [0.29, 0.717) is 10.9 Å². The Balaban J connectivity index is 2.64. The van der Waals surface area contributed by atoms with Gasteiger partial charge < -0.3 is 5.73 Å². The molecule has 6 heteroatoms. The van der Waals surface area contributed by atoms with Gasteiger partial charge in [0.25, 0.3) is 0 Å². The molecule has 0 fully saturated rings. The quantitative estimate of drug-likeness (QED) is 0.556. The zero-order chi connectivity index (χ0) is 10.6. The van der Waals surface area contributed by atoms with Crippen LogP contribution >= 0.6 is 11.9 Å². The highest BCUT2D eigenvalue weighted by Crippen LogP contribution is 2.30. The van der Waals surface area contributed by atoms with Gasteiger partial charge in [-0.05, 0) is 11.6 Å². The molecule has 0 aromatic heterocycles. The lowest BCUT2D eigenvalue weighted by Crippen LogP contribution is -2.31. The van der Waals surface area contributed by atoms with E-state index in [1.54, 1.807) is 0 Å². The molecule has 0 bridgehead atoms. The van der Waals surface area contributed by atoms with Crippen molar-refractivity contribution in [1.29, 1.82) is 0 Å². The first-order chi connectivity index (χ1) is 6.66. The van der Waals surface area contributed by atoms with E-state index in [9.17, 15) is 0 Å². The predicted molar refractivity (Wildman–Crippen MR) is 58.4 cm³/mol. The van der Waals surface area contributed by atoms with Crippen LogP contribution in [0.4, 0.5) is 0 Å². The minimum absolute atomic E-state index is 0.340. The van der Waals surface area contributed by atoms with Gasteiger partial charge in [-0.2, -0.15) is 5.12 Å². The van der Waals surface area contributed by atoms with Crippen molar-refractivity contribution < 1.29 is 0 Å². The number of rotatable bonds is 4. The van der Waals surface area contributed by atoms with Gasteiger partial charge in [0, 0.05) is 5.92 Å². The van der Waals surface area contributed by atoms with Gasteiger partial charge in [-0.25, -0.2) is 5.84 Å². The number of hydrogen-bond acceptors (Lipinski definition) is 6. The third kappa shape index (κ3) is 2.62. The smallest absolute Gasteiger partial charge is 0.114 e. The van der Waals surface area contributed by atoms with Crippen LogP contribution in [0.3, 0.4) is 0 Å². The van der Waals surface area contributed by atoms with Gasteiger partial charge in [0.15, 0.2) is 0 Å². The molecule has 1 heterocycles. The van der Waals surface area contributed by atoms with Gasteiger partial charge in [-0.15, -0.1) is 0 Å². The Labute approximate surface area is 88.7 Å². The first-order valence-electron chi connectivity index (χ1n) is 4.79. The van der Waals surface area contributed by atoms with E-state index in [0.717, 1.165) is 12.1 Å². The highest BCUT2D eigenvalue weighted by Gasteiger charge is 2.20. The summed E-state index contributed by atoms with van der Waals surface area (Å²) in [6.45, 7) is 4.28. The fourth-order valence-electron chi connectivity index (χ4n) is 1.43. The largest absolute Gasteiger partial charge is 0.390 e. The maximum absolute atomic E-state index is 5.81. The maximum Gasteiger partial charge on any atom is 0.114 e. The van der Waals surface area contributed by atoms with Crippen LogP contribution in [-0.2, 0) is 0 Å². The predicted octanol–water partition coefficient (Wildman–Crippen LogP) is 2.15. The average molecular weight is 215 g/mol. The molecule has 80 valence electrons. The Morgan fingerprint density at radius 2 is 2.29 bits per heavy atom. The number of hydrazine groups is 1. The fourth-order valence-corrected chi connectivity index (χ4v) is 2.02. The van der Waals surface area contributed by atoms with Crippen molar-refractivity contribution in [3.63, 3.8) is 0 Å². The molecule has 0 aliphatic carbocycles. The number of unbranched alkanes of at least 4 members (excludes halogenated alkanes) is 1. The van der Waals surface area contributed by atoms with Crippen molar-refractivity contribution in [2.75, 3.05) is 0 Å². The van der Waals surface area contributed by atoms with E-state index in [2.05, 4.69) is 23.6 Å². The van der Waals surface area contributed by atoms with E-state index >= 15 is 0 Å². The monoisotopic (exact) mass is 215 g/mol. The first-order valence-corrected chi connectivity index (χ1v) is 5.56. The Hall–Kier alpha value is -0.750. The van der Waals surface area contributed by atoms with Crippen molar-refractivity contribution in [2.24, 2.45) is 27.2 Å². The number of nitrogens with zero attached hydrogens (tertiary/aromatic N) is 3. The third-order valence-electron chi connectivity index (χ3n) is 2.23. The SMILES string of the molecule is CCCCC(C)C1=C(N)SN=NN1N. The fraction of sp³-hybridized carbons (Fsp3) is 0.750. The van der Waals surface area contributed by atoms with Crippen LogP contribution in [0.25, 0.3) is 0 Å². The maximum atomic E-state index is 5.81. The van der Waals surface area contributed by atoms with Crippen LogP contribution in [-0.4, -0.2) is 5.12 Å². The lowest BCUT2D eigenvalue weighted by atomic mass is 10.0. The zero-order valence-corrected chi connectivity index (χ0v) is 9.42. The number of allylic oxidation sites excluding steroid dienone is 1. The molecular weight excluding hydrogens is 198 g/mol. The second-order valence-electron chi connectivity index (χ2n) is 3.40. The molecule has 5 nitrogen and oxygen atoms in total. The first kappa shape index (κ1) is 11.3. The van der Waals surface area contributed by atoms with E-state index in [-0.39, 0.29) is 0 Å². The Morgan fingerprint density at radius 1 is 1.57 bits per heavy atom. The second-order valence-corrected chi connectivity index (χ2v) is 4.19. The van der Waals surface area contributed by atoms with Crippen LogP contribution in [0.2, 0.25) is 0 Å². The van der Waals surface area contributed by atoms with Crippen LogP contribution in [0, 0.1) is 5.92 Å². The number of hydrogen-bond donors (Lipinski definition) is 2. The minimum atomic E-state index is 0.340. The molecule has 0 aromatic carbocycles. The molecule has 14 heavy (non-hydrogen) atoms. The van der Waals surface area contributed by atoms with Gasteiger partial charge in [0.2, 0.25) is 0 Å². The van der Waals surface area contributed by atoms with E-state index in [1.807, 2.05) is 0 Å². The molecule has 0 amide bonds. The van der Waals surface area contributed by atoms with Crippen molar-refractivity contribution in [2.45, 2.75) is 33.1 Å². The molecule has 1 aliphatic rings. The third-order valence-corrected chi connectivity index (χ3v) is 2.79. The molecule has 1 aliphatic heterocycles. The summed E-state index contributed by atoms with van der Waals surface area (Å²) < 4.78 is 3.71. The van der Waals surface area contributed by atoms with Gasteiger partial charge in [-0.1, -0.05) is 31.2 Å². The summed E-state index contributed by atoms with van der Waals surface area (Å²) in [6, 6.07) is 0. The van der Waals surface area contributed by atoms with Crippen molar-refractivity contribution in [3.8, 4) is 0 Å². The van der Waals surface area contributed by atoms with E-state index in [1.165, 1.54) is 29.9 Å². The van der Waals surface area contributed by atoms with E-state index < -0.39 is 0 Å². The molecule has 1 atom stereocenters. The van der Waals surface area contributed by atoms with Gasteiger partial charge in [0.05, 0.1) is 17.6 Å². The van der Waals surface area contributed by atoms with Crippen molar-refractivity contribution in [3.05, 3.63) is 10.7 Å². The summed E-state index contributed by atoms with van der Waals surface area (Å²) in [5.41, 5.74) is 6.70. The summed E-state index contributed by atoms with van der Waals surface area (Å²) in [4.78, 5) is 0. The lowest BCUT2D eigenvalue weighted by Gasteiger charge is -2.24. The van der Waals surface area contributed by atoms with Gasteiger partial charge in [-0.3, -0.25) is 0 Å². The van der Waals surface area contributed by atoms with Gasteiger partial charge >= 0.3 is 0 Å². The van der Waals surface area contributed by atoms with Crippen LogP contribution in [0.15, 0.2) is 20.5 Å². The molecule has 0 saturated carbocycles. The molecule has 0 aromatic rings. The average Bonchev–Trinajstić information content (AvgIpc) is 2.14. The number of nitrogens with two attached hydrogens (primary N) is 2. The summed E-state index contributed by atoms with van der Waals surface area (Å²) in [6.07, 6.45) is 3.43. The Morgan fingerprint density at radius 3 is 2.86 bits per heavy atom. The van der Waals surface area contributed by atoms with Crippen LogP contribution < -0.4 is 11.6 Å². The molecule has 0 spiro atoms. The Kier molecular flexibility index (Phi) is 4.21. The van der Waals surface area contributed by atoms with Crippen LogP contribution in [0.1, 0.15) is 33.1 Å². The highest BCUT2D eigenvalue weighted by atomic mass is 32.2. The highest BCUT2D eigenvalue weighted by molar-refractivity contribution is 8.01. The molecule has 1 unspecified atom stereocenters. The molecule has 0 saturated heterocycles. The molecule has 1 rings (SSSR count). The second kappa shape index (κ2) is 5.21. The van der Waals surface area contributed by atoms with Crippen molar-refractivity contribution >= 4 is 11.9 Å². The van der Waals surface area contributed by atoms with Gasteiger partial charge in [0.1, 0.15) is 5.03 Å². The topological polar surface area (TPSA) is 80.0 Å². The summed E-state index contributed by atoms with van der Waals surface area (Å²) >= 11 is 1.19. The summed E-state index contributed by atoms with van der Waals surface area (Å²) in [5.74, 6) is 6.00. The summed E-state index contributed by atoms with van der Waals surface area (Å²) in [5, 5.41) is 5.69. The van der Waals surface area contributed by atoms with Crippen molar-refractivity contribution in [1.82, 2.24) is 5.12 Å². The zero-order valence-electron chi connectivity index (χ0n) is 8.60. The van der Waals surface area contributed by atoms with E-state index in [4.69, 9.17) is 11.6 Å². The summed E-state index contributed by atoms with van der Waals surface area (Å²) in [7, 11) is 0. The lowest BCUT2D eigenvalue weighted by molar-refractivity contribution is 0.303. The Bertz CT molecular complexity index is 250. The normalized spacial score (nSPS) is 18.9. The standard InChI is InChI=1S/C8H17N5S/c1-3-4-5-6(2)7-8(9)14-12-11-13(7)10/h6H,3-5,9-10H2,1-2H3. The molecule has 4 N–H and O–H groups in total. The van der Waals surface area contributed by atoms with Crippen LogP contribution in [0.5, 0.6) is 0 Å². The molecule has 0 radical (unpaired) electrons. The molecular formula is C8H17N5S. The minimum Gasteiger partial charge on any atom is -0.390 e.